The quantitative estimate of drug-likeness (QED) is 0.168. The average molecular weight is 711 g/mol. The largest absolute Gasteiger partial charge is 0.370 e. The fraction of sp³-hybridized carbons (Fsp3) is 0.170. The van der Waals surface area contributed by atoms with E-state index in [0.29, 0.717) is 0 Å². The average Bonchev–Trinajstić information content (AvgIpc) is 3.45. The number of likely N-dealkylation sites (N-methyl/N-ethyl adjacent to an activating group) is 2. The van der Waals surface area contributed by atoms with Gasteiger partial charge in [0.05, 0.1) is 12.2 Å². The van der Waals surface area contributed by atoms with Crippen LogP contribution in [0.15, 0.2) is 169 Å². The van der Waals surface area contributed by atoms with Gasteiger partial charge >= 0.3 is 0 Å². The highest BCUT2D eigenvalue weighted by atomic mass is 15.2. The zero-order chi connectivity index (χ0) is 37.4. The predicted molar refractivity (Wildman–Crippen MR) is 235 cm³/mol. The molecule has 3 aliphatic rings. The van der Waals surface area contributed by atoms with Gasteiger partial charge in [0.25, 0.3) is 0 Å². The van der Waals surface area contributed by atoms with Crippen molar-refractivity contribution >= 4 is 37.9 Å². The summed E-state index contributed by atoms with van der Waals surface area (Å²) in [6.45, 7) is 7.96. The molecule has 1 aliphatic heterocycles. The maximum Gasteiger partial charge on any atom is 0.0597 e. The molecular formula is C53H46N2. The van der Waals surface area contributed by atoms with Crippen LogP contribution in [0.5, 0.6) is 0 Å². The summed E-state index contributed by atoms with van der Waals surface area (Å²) in [4.78, 5) is 4.82. The second-order valence-electron chi connectivity index (χ2n) is 16.2. The Morgan fingerprint density at radius 2 is 1.33 bits per heavy atom. The van der Waals surface area contributed by atoms with Crippen LogP contribution < -0.4 is 0 Å². The number of hydrogen-bond acceptors (Lipinski definition) is 2. The SMILES string of the molecule is C/C(=C\C=C1/CN(C)C2=C(C=CCC2)N1C)c1c2ccccc2c(-c2ccc3c(c2)C(C)(C)c2ccccc2-3)c2cc(-c3ccc4ccccc4c3)ccc12. The first-order chi connectivity index (χ1) is 26.8. The highest BCUT2D eigenvalue weighted by Gasteiger charge is 2.35. The fourth-order valence-electron chi connectivity index (χ4n) is 9.72. The van der Waals surface area contributed by atoms with E-state index in [4.69, 9.17) is 0 Å². The second kappa shape index (κ2) is 12.7. The molecule has 0 amide bonds. The maximum atomic E-state index is 2.49. The van der Waals surface area contributed by atoms with E-state index in [-0.39, 0.29) is 5.41 Å². The standard InChI is InChI=1S/C53H46N2/c1-34(22-27-40-33-54(4)49-20-12-13-21-50(49)55(40)5)51-43-17-8-9-18-44(43)52(39-26-28-42-41-16-10-11-19-47(41)53(2,3)48(42)32-39)46-31-38(25-29-45(46)51)37-24-23-35-14-6-7-15-36(35)30-37/h6-11,13-19,21-32H,12,20,33H2,1-5H3/b34-22+,40-27+. The number of nitrogens with zero attached hydrogens (tertiary/aromatic N) is 2. The molecule has 2 aliphatic carbocycles. The minimum absolute atomic E-state index is 0.0822. The van der Waals surface area contributed by atoms with Crippen molar-refractivity contribution in [2.75, 3.05) is 20.6 Å². The first kappa shape index (κ1) is 33.4. The highest BCUT2D eigenvalue weighted by molar-refractivity contribution is 6.19. The van der Waals surface area contributed by atoms with Gasteiger partial charge in [-0.05, 0) is 138 Å². The summed E-state index contributed by atoms with van der Waals surface area (Å²) in [6, 6.07) is 47.9. The Labute approximate surface area is 325 Å². The lowest BCUT2D eigenvalue weighted by Crippen LogP contribution is -2.36. The molecule has 0 saturated carbocycles. The van der Waals surface area contributed by atoms with E-state index in [1.807, 2.05) is 0 Å². The van der Waals surface area contributed by atoms with Gasteiger partial charge in [0, 0.05) is 30.9 Å². The van der Waals surface area contributed by atoms with Gasteiger partial charge < -0.3 is 9.80 Å². The maximum absolute atomic E-state index is 2.49. The van der Waals surface area contributed by atoms with Crippen LogP contribution in [0.3, 0.4) is 0 Å². The number of allylic oxidation sites excluding steroid dienone is 6. The first-order valence-electron chi connectivity index (χ1n) is 19.7. The van der Waals surface area contributed by atoms with Crippen molar-refractivity contribution in [2.24, 2.45) is 0 Å². The van der Waals surface area contributed by atoms with E-state index in [9.17, 15) is 0 Å². The molecule has 0 saturated heterocycles. The third-order valence-electron chi connectivity index (χ3n) is 12.7. The van der Waals surface area contributed by atoms with Gasteiger partial charge in [0.1, 0.15) is 0 Å². The minimum Gasteiger partial charge on any atom is -0.370 e. The predicted octanol–water partition coefficient (Wildman–Crippen LogP) is 13.5. The van der Waals surface area contributed by atoms with Gasteiger partial charge in [0.15, 0.2) is 0 Å². The van der Waals surface area contributed by atoms with Crippen LogP contribution in [0.25, 0.3) is 71.3 Å². The summed E-state index contributed by atoms with van der Waals surface area (Å²) in [5.41, 5.74) is 17.1. The lowest BCUT2D eigenvalue weighted by atomic mass is 9.80. The van der Waals surface area contributed by atoms with E-state index in [0.717, 1.165) is 19.4 Å². The van der Waals surface area contributed by atoms with E-state index in [1.54, 1.807) is 0 Å². The van der Waals surface area contributed by atoms with Gasteiger partial charge in [-0.2, -0.15) is 0 Å². The Bertz CT molecular complexity index is 2860. The Kier molecular flexibility index (Phi) is 7.75. The van der Waals surface area contributed by atoms with Crippen molar-refractivity contribution in [1.29, 1.82) is 0 Å². The number of rotatable bonds is 4. The molecule has 0 aromatic heterocycles. The van der Waals surface area contributed by atoms with Gasteiger partial charge in [0.2, 0.25) is 0 Å². The van der Waals surface area contributed by atoms with Crippen molar-refractivity contribution in [3.05, 3.63) is 185 Å². The molecule has 7 aromatic rings. The molecule has 0 N–H and O–H groups in total. The van der Waals surface area contributed by atoms with Crippen LogP contribution in [-0.4, -0.2) is 30.4 Å². The van der Waals surface area contributed by atoms with E-state index in [1.165, 1.54) is 105 Å². The van der Waals surface area contributed by atoms with E-state index < -0.39 is 0 Å². The lowest BCUT2D eigenvalue weighted by molar-refractivity contribution is 0.326. The molecule has 2 heteroatoms. The summed E-state index contributed by atoms with van der Waals surface area (Å²) in [5.74, 6) is 0. The summed E-state index contributed by atoms with van der Waals surface area (Å²) >= 11 is 0. The third kappa shape index (κ3) is 5.30. The molecular weight excluding hydrogens is 665 g/mol. The zero-order valence-corrected chi connectivity index (χ0v) is 32.4. The molecule has 268 valence electrons. The summed E-state index contributed by atoms with van der Waals surface area (Å²) in [7, 11) is 4.45. The minimum atomic E-state index is -0.0822. The van der Waals surface area contributed by atoms with Gasteiger partial charge in [-0.1, -0.05) is 135 Å². The summed E-state index contributed by atoms with van der Waals surface area (Å²) in [6.07, 6.45) is 11.5. The Morgan fingerprint density at radius 1 is 0.636 bits per heavy atom. The highest BCUT2D eigenvalue weighted by Crippen LogP contribution is 2.51. The van der Waals surface area contributed by atoms with Crippen molar-refractivity contribution < 1.29 is 0 Å². The molecule has 2 nitrogen and oxygen atoms in total. The summed E-state index contributed by atoms with van der Waals surface area (Å²) < 4.78 is 0. The fourth-order valence-corrected chi connectivity index (χ4v) is 9.72. The smallest absolute Gasteiger partial charge is 0.0597 e. The Hall–Kier alpha value is -6.12. The molecule has 0 spiro atoms. The van der Waals surface area contributed by atoms with Crippen LogP contribution in [0.4, 0.5) is 0 Å². The van der Waals surface area contributed by atoms with Gasteiger partial charge in [-0.15, -0.1) is 0 Å². The van der Waals surface area contributed by atoms with Crippen LogP contribution in [0.2, 0.25) is 0 Å². The molecule has 55 heavy (non-hydrogen) atoms. The Morgan fingerprint density at radius 3 is 2.20 bits per heavy atom. The molecule has 1 heterocycles. The van der Waals surface area contributed by atoms with Crippen LogP contribution >= 0.6 is 0 Å². The normalized spacial score (nSPS) is 17.0. The zero-order valence-electron chi connectivity index (χ0n) is 32.4. The van der Waals surface area contributed by atoms with Crippen LogP contribution in [0, 0.1) is 0 Å². The number of fused-ring (bicyclic) bond motifs is 6. The van der Waals surface area contributed by atoms with Gasteiger partial charge in [-0.3, -0.25) is 0 Å². The molecule has 0 fully saturated rings. The number of benzene rings is 7. The van der Waals surface area contributed by atoms with Crippen molar-refractivity contribution in [3.8, 4) is 33.4 Å². The lowest BCUT2D eigenvalue weighted by Gasteiger charge is -2.39. The second-order valence-corrected chi connectivity index (χ2v) is 16.2. The van der Waals surface area contributed by atoms with E-state index >= 15 is 0 Å². The van der Waals surface area contributed by atoms with Crippen LogP contribution in [-0.2, 0) is 5.41 Å². The van der Waals surface area contributed by atoms with E-state index in [2.05, 4.69) is 196 Å². The third-order valence-corrected chi connectivity index (χ3v) is 12.7. The van der Waals surface area contributed by atoms with Crippen molar-refractivity contribution in [3.63, 3.8) is 0 Å². The molecule has 0 radical (unpaired) electrons. The van der Waals surface area contributed by atoms with Crippen molar-refractivity contribution in [1.82, 2.24) is 9.80 Å². The summed E-state index contributed by atoms with van der Waals surface area (Å²) in [5, 5.41) is 7.66. The number of hydrogen-bond donors (Lipinski definition) is 0. The molecule has 0 atom stereocenters. The van der Waals surface area contributed by atoms with Gasteiger partial charge in [-0.25, -0.2) is 0 Å². The van der Waals surface area contributed by atoms with Crippen LogP contribution in [0.1, 0.15) is 50.3 Å². The Balaban J connectivity index is 1.20. The molecule has 10 rings (SSSR count). The molecule has 7 aromatic carbocycles. The monoisotopic (exact) mass is 710 g/mol. The topological polar surface area (TPSA) is 6.48 Å². The molecule has 0 unspecified atom stereocenters. The molecule has 0 bridgehead atoms. The first-order valence-corrected chi connectivity index (χ1v) is 19.7. The van der Waals surface area contributed by atoms with Crippen molar-refractivity contribution in [2.45, 2.75) is 39.0 Å².